The van der Waals surface area contributed by atoms with Crippen molar-refractivity contribution in [3.05, 3.63) is 29.8 Å². The Bertz CT molecular complexity index is 805. The first kappa shape index (κ1) is 23.1. The van der Waals surface area contributed by atoms with E-state index in [1.165, 1.54) is 16.4 Å². The van der Waals surface area contributed by atoms with Gasteiger partial charge in [-0.15, -0.1) is 0 Å². The van der Waals surface area contributed by atoms with Crippen LogP contribution in [0.4, 0.5) is 13.2 Å². The molecule has 0 aromatic heterocycles. The number of piperidine rings is 1. The van der Waals surface area contributed by atoms with Crippen LogP contribution in [-0.2, 0) is 26.0 Å². The first-order valence-electron chi connectivity index (χ1n) is 9.27. The van der Waals surface area contributed by atoms with Gasteiger partial charge < -0.3 is 10.6 Å². The number of alkyl halides is 3. The molecular formula is C18H24F3N3O4S. The summed E-state index contributed by atoms with van der Waals surface area (Å²) in [6.07, 6.45) is -1.46. The zero-order valence-corrected chi connectivity index (χ0v) is 16.6. The quantitative estimate of drug-likeness (QED) is 0.648. The smallest absolute Gasteiger partial charge is 0.347 e. The van der Waals surface area contributed by atoms with E-state index in [-0.39, 0.29) is 11.3 Å². The molecule has 162 valence electrons. The van der Waals surface area contributed by atoms with E-state index in [0.29, 0.717) is 19.5 Å². The van der Waals surface area contributed by atoms with Gasteiger partial charge in [0, 0.05) is 19.5 Å². The highest BCUT2D eigenvalue weighted by molar-refractivity contribution is 7.89. The molecule has 7 nitrogen and oxygen atoms in total. The minimum Gasteiger partial charge on any atom is -0.347 e. The molecule has 0 saturated carbocycles. The second-order valence-electron chi connectivity index (χ2n) is 6.78. The summed E-state index contributed by atoms with van der Waals surface area (Å²) in [6.45, 7) is -0.960. The lowest BCUT2D eigenvalue weighted by Gasteiger charge is -2.25. The van der Waals surface area contributed by atoms with Crippen molar-refractivity contribution in [1.29, 1.82) is 0 Å². The Morgan fingerprint density at radius 3 is 2.17 bits per heavy atom. The van der Waals surface area contributed by atoms with Crippen LogP contribution in [0.3, 0.4) is 0 Å². The molecule has 2 amide bonds. The molecule has 1 aliphatic heterocycles. The first-order chi connectivity index (χ1) is 13.6. The predicted molar refractivity (Wildman–Crippen MR) is 99.4 cm³/mol. The molecule has 0 bridgehead atoms. The lowest BCUT2D eigenvalue weighted by atomic mass is 10.1. The van der Waals surface area contributed by atoms with Gasteiger partial charge in [0.1, 0.15) is 6.54 Å². The number of benzene rings is 1. The topological polar surface area (TPSA) is 95.6 Å². The van der Waals surface area contributed by atoms with E-state index >= 15 is 0 Å². The van der Waals surface area contributed by atoms with Crippen molar-refractivity contribution in [1.82, 2.24) is 14.9 Å². The molecule has 29 heavy (non-hydrogen) atoms. The maximum Gasteiger partial charge on any atom is 0.405 e. The van der Waals surface area contributed by atoms with Crippen LogP contribution in [-0.4, -0.2) is 56.9 Å². The van der Waals surface area contributed by atoms with E-state index in [1.54, 1.807) is 17.4 Å². The summed E-state index contributed by atoms with van der Waals surface area (Å²) in [5.74, 6) is -1.42. The van der Waals surface area contributed by atoms with E-state index in [9.17, 15) is 31.2 Å². The van der Waals surface area contributed by atoms with Crippen LogP contribution in [0.25, 0.3) is 0 Å². The van der Waals surface area contributed by atoms with Crippen molar-refractivity contribution in [2.24, 2.45) is 0 Å². The maximum absolute atomic E-state index is 12.6. The Morgan fingerprint density at radius 1 is 0.966 bits per heavy atom. The Labute approximate surface area is 167 Å². The van der Waals surface area contributed by atoms with Crippen LogP contribution in [0, 0.1) is 0 Å². The summed E-state index contributed by atoms with van der Waals surface area (Å²) in [5, 5.41) is 3.91. The summed E-state index contributed by atoms with van der Waals surface area (Å²) in [5.41, 5.74) is 0.735. The number of carbonyl (C=O) groups is 2. The Kier molecular flexibility index (Phi) is 8.03. The van der Waals surface area contributed by atoms with Crippen LogP contribution in [0.15, 0.2) is 29.2 Å². The van der Waals surface area contributed by atoms with Gasteiger partial charge in [0.05, 0.1) is 11.4 Å². The van der Waals surface area contributed by atoms with Crippen molar-refractivity contribution < 1.29 is 31.2 Å². The van der Waals surface area contributed by atoms with Gasteiger partial charge in [-0.05, 0) is 37.0 Å². The summed E-state index contributed by atoms with van der Waals surface area (Å²) >= 11 is 0. The molecule has 2 rings (SSSR count). The van der Waals surface area contributed by atoms with Crippen molar-refractivity contribution in [3.8, 4) is 0 Å². The van der Waals surface area contributed by atoms with Gasteiger partial charge in [0.25, 0.3) is 0 Å². The monoisotopic (exact) mass is 435 g/mol. The van der Waals surface area contributed by atoms with Gasteiger partial charge >= 0.3 is 6.18 Å². The number of hydrogen-bond acceptors (Lipinski definition) is 4. The van der Waals surface area contributed by atoms with Crippen molar-refractivity contribution in [2.45, 2.75) is 43.2 Å². The number of rotatable bonds is 8. The van der Waals surface area contributed by atoms with Gasteiger partial charge in [-0.3, -0.25) is 9.59 Å². The van der Waals surface area contributed by atoms with Crippen LogP contribution >= 0.6 is 0 Å². The average Bonchev–Trinajstić information content (AvgIpc) is 2.69. The molecule has 1 aromatic rings. The summed E-state index contributed by atoms with van der Waals surface area (Å²) in [4.78, 5) is 23.2. The normalized spacial score (nSPS) is 15.7. The number of carbonyl (C=O) groups excluding carboxylic acids is 2. The van der Waals surface area contributed by atoms with Crippen molar-refractivity contribution in [2.75, 3.05) is 26.2 Å². The fourth-order valence-corrected chi connectivity index (χ4v) is 4.39. The standard InChI is InChI=1S/C18H24F3N3O4S/c19-18(20,21)13-23-17(26)12-22-16(25)9-6-14-4-7-15(8-5-14)29(27,28)24-10-2-1-3-11-24/h4-5,7-8H,1-3,6,9-13H2,(H,22,25)(H,23,26). The Balaban J connectivity index is 1.78. The lowest BCUT2D eigenvalue weighted by molar-refractivity contribution is -0.138. The highest BCUT2D eigenvalue weighted by Crippen LogP contribution is 2.21. The van der Waals surface area contributed by atoms with Gasteiger partial charge in [0.15, 0.2) is 0 Å². The number of aryl methyl sites for hydroxylation is 1. The summed E-state index contributed by atoms with van der Waals surface area (Å²) in [6, 6.07) is 6.25. The van der Waals surface area contributed by atoms with Gasteiger partial charge in [-0.2, -0.15) is 17.5 Å². The fraction of sp³-hybridized carbons (Fsp3) is 0.556. The molecule has 1 heterocycles. The molecule has 2 N–H and O–H groups in total. The molecule has 0 atom stereocenters. The summed E-state index contributed by atoms with van der Waals surface area (Å²) < 4.78 is 62.6. The Hall–Kier alpha value is -2.14. The van der Waals surface area contributed by atoms with Gasteiger partial charge in [-0.25, -0.2) is 8.42 Å². The molecule has 1 aromatic carbocycles. The minimum atomic E-state index is -4.51. The zero-order valence-electron chi connectivity index (χ0n) is 15.8. The molecule has 1 saturated heterocycles. The maximum atomic E-state index is 12.6. The highest BCUT2D eigenvalue weighted by atomic mass is 32.2. The second kappa shape index (κ2) is 10.1. The van der Waals surface area contributed by atoms with E-state index in [0.717, 1.165) is 24.8 Å². The van der Waals surface area contributed by atoms with Gasteiger partial charge in [-0.1, -0.05) is 18.6 Å². The SMILES string of the molecule is O=C(CCc1ccc(S(=O)(=O)N2CCCCC2)cc1)NCC(=O)NCC(F)(F)F. The third kappa shape index (κ3) is 7.65. The molecular weight excluding hydrogens is 411 g/mol. The zero-order chi connectivity index (χ0) is 21.5. The number of hydrogen-bond donors (Lipinski definition) is 2. The van der Waals surface area contributed by atoms with E-state index in [4.69, 9.17) is 0 Å². The number of amides is 2. The second-order valence-corrected chi connectivity index (χ2v) is 8.72. The molecule has 11 heteroatoms. The Morgan fingerprint density at radius 2 is 1.59 bits per heavy atom. The minimum absolute atomic E-state index is 0.0186. The predicted octanol–water partition coefficient (Wildman–Crippen LogP) is 1.59. The summed E-state index contributed by atoms with van der Waals surface area (Å²) in [7, 11) is -3.51. The number of nitrogens with zero attached hydrogens (tertiary/aromatic N) is 1. The highest BCUT2D eigenvalue weighted by Gasteiger charge is 2.28. The van der Waals surface area contributed by atoms with Crippen LogP contribution in [0.2, 0.25) is 0 Å². The van der Waals surface area contributed by atoms with E-state index < -0.39 is 41.1 Å². The lowest BCUT2D eigenvalue weighted by Crippen LogP contribution is -2.40. The molecule has 0 spiro atoms. The first-order valence-corrected chi connectivity index (χ1v) is 10.7. The fourth-order valence-electron chi connectivity index (χ4n) is 2.87. The number of halogens is 3. The third-order valence-corrected chi connectivity index (χ3v) is 6.36. The molecule has 0 aliphatic carbocycles. The van der Waals surface area contributed by atoms with Crippen molar-refractivity contribution in [3.63, 3.8) is 0 Å². The van der Waals surface area contributed by atoms with Crippen molar-refractivity contribution >= 4 is 21.8 Å². The van der Waals surface area contributed by atoms with Crippen LogP contribution in [0.1, 0.15) is 31.2 Å². The van der Waals surface area contributed by atoms with Gasteiger partial charge in [0.2, 0.25) is 21.8 Å². The number of sulfonamides is 1. The third-order valence-electron chi connectivity index (χ3n) is 4.45. The molecule has 0 unspecified atom stereocenters. The van der Waals surface area contributed by atoms with Crippen LogP contribution in [0.5, 0.6) is 0 Å². The molecule has 1 aliphatic rings. The number of nitrogens with one attached hydrogen (secondary N) is 2. The largest absolute Gasteiger partial charge is 0.405 e. The van der Waals surface area contributed by atoms with Crippen LogP contribution < -0.4 is 10.6 Å². The van der Waals surface area contributed by atoms with E-state index in [1.807, 2.05) is 0 Å². The average molecular weight is 435 g/mol. The molecule has 0 radical (unpaired) electrons. The van der Waals surface area contributed by atoms with E-state index in [2.05, 4.69) is 5.32 Å². The molecule has 1 fully saturated rings.